The van der Waals surface area contributed by atoms with Gasteiger partial charge in [-0.1, -0.05) is 29.5 Å². The van der Waals surface area contributed by atoms with Gasteiger partial charge in [-0.3, -0.25) is 4.79 Å². The highest BCUT2D eigenvalue weighted by Crippen LogP contribution is 2.33. The van der Waals surface area contributed by atoms with E-state index in [1.807, 2.05) is 25.1 Å². The van der Waals surface area contributed by atoms with Crippen molar-refractivity contribution in [2.45, 2.75) is 13.3 Å². The van der Waals surface area contributed by atoms with Crippen molar-refractivity contribution in [3.8, 4) is 34.5 Å². The first-order chi connectivity index (χ1) is 19.3. The molecule has 0 aliphatic carbocycles. The van der Waals surface area contributed by atoms with Crippen LogP contribution in [0.15, 0.2) is 54.7 Å². The Morgan fingerprint density at radius 3 is 2.58 bits per heavy atom. The molecule has 1 amide bonds. The number of aromatic amines is 1. The Bertz CT molecular complexity index is 1590. The minimum absolute atomic E-state index is 0.363. The number of rotatable bonds is 6. The van der Waals surface area contributed by atoms with Gasteiger partial charge in [-0.2, -0.15) is 0 Å². The lowest BCUT2D eigenvalue weighted by atomic mass is 10.0. The number of carbonyl (C=O) groups is 1. The number of primary amides is 1. The van der Waals surface area contributed by atoms with E-state index in [0.29, 0.717) is 40.0 Å². The van der Waals surface area contributed by atoms with Gasteiger partial charge in [-0.25, -0.2) is 9.97 Å². The Hall–Kier alpha value is -4.32. The van der Waals surface area contributed by atoms with Gasteiger partial charge in [0.1, 0.15) is 0 Å². The van der Waals surface area contributed by atoms with Crippen LogP contribution in [0.5, 0.6) is 0 Å². The maximum atomic E-state index is 12.4. The van der Waals surface area contributed by atoms with Gasteiger partial charge >= 0.3 is 0 Å². The number of halogens is 1. The number of hydrogen-bond acceptors (Lipinski definition) is 6. The summed E-state index contributed by atoms with van der Waals surface area (Å²) in [5.41, 5.74) is 12.8. The molecule has 9 heteroatoms. The fourth-order valence-corrected chi connectivity index (χ4v) is 4.98. The normalized spacial score (nSPS) is 13.6. The molecule has 0 atom stereocenters. The van der Waals surface area contributed by atoms with Gasteiger partial charge < -0.3 is 25.8 Å². The zero-order valence-corrected chi connectivity index (χ0v) is 23.6. The Morgan fingerprint density at radius 1 is 1.12 bits per heavy atom. The summed E-state index contributed by atoms with van der Waals surface area (Å²) in [7, 11) is 3.92. The molecule has 40 heavy (non-hydrogen) atoms. The van der Waals surface area contributed by atoms with Crippen LogP contribution < -0.4 is 16.0 Å². The standard InChI is InChI=1S/C31H32ClN7O/c1-20-7-10-23(32)17-25(20)29-26(30(33)40)18-27(36-29)28-22(19-35-31(34-2)37-28)6-4-5-21-8-11-24(12-9-21)39-15-13-38(3)14-16-39/h7-12,17-19,36H,6,13-16H2,1-3H3,(H2,33,40)(H,34,35,37). The summed E-state index contributed by atoms with van der Waals surface area (Å²) in [6.45, 7) is 6.16. The topological polar surface area (TPSA) is 103 Å². The zero-order chi connectivity index (χ0) is 28.2. The van der Waals surface area contributed by atoms with Crippen LogP contribution in [0.4, 0.5) is 11.6 Å². The van der Waals surface area contributed by atoms with Crippen molar-refractivity contribution < 1.29 is 4.79 Å². The van der Waals surface area contributed by atoms with E-state index in [0.717, 1.165) is 48.4 Å². The van der Waals surface area contributed by atoms with Crippen LogP contribution in [0.25, 0.3) is 22.6 Å². The summed E-state index contributed by atoms with van der Waals surface area (Å²) in [6.07, 6.45) is 2.18. The zero-order valence-electron chi connectivity index (χ0n) is 22.9. The number of hydrogen-bond donors (Lipinski definition) is 3. The summed E-state index contributed by atoms with van der Waals surface area (Å²) in [5.74, 6) is 6.45. The molecule has 0 spiro atoms. The third-order valence-corrected chi connectivity index (χ3v) is 7.38. The van der Waals surface area contributed by atoms with Crippen molar-refractivity contribution in [1.29, 1.82) is 0 Å². The molecule has 1 aliphatic rings. The molecular formula is C31H32ClN7O. The molecule has 2 aromatic heterocycles. The monoisotopic (exact) mass is 553 g/mol. The van der Waals surface area contributed by atoms with Gasteiger partial charge in [0.2, 0.25) is 5.95 Å². The van der Waals surface area contributed by atoms with E-state index in [1.54, 1.807) is 19.3 Å². The van der Waals surface area contributed by atoms with Crippen LogP contribution in [-0.2, 0) is 6.42 Å². The summed E-state index contributed by atoms with van der Waals surface area (Å²) >= 11 is 6.27. The quantitative estimate of drug-likeness (QED) is 0.302. The number of benzene rings is 2. The number of H-pyrrole nitrogens is 1. The van der Waals surface area contributed by atoms with E-state index in [4.69, 9.17) is 22.3 Å². The minimum atomic E-state index is -0.541. The van der Waals surface area contributed by atoms with Crippen molar-refractivity contribution in [3.63, 3.8) is 0 Å². The number of amides is 1. The minimum Gasteiger partial charge on any atom is -0.369 e. The van der Waals surface area contributed by atoms with E-state index in [1.165, 1.54) is 5.69 Å². The number of anilines is 2. The van der Waals surface area contributed by atoms with Gasteiger partial charge in [0.15, 0.2) is 0 Å². The average Bonchev–Trinajstić information content (AvgIpc) is 3.41. The number of nitrogens with zero attached hydrogens (tertiary/aromatic N) is 4. The third-order valence-electron chi connectivity index (χ3n) is 7.14. The van der Waals surface area contributed by atoms with E-state index in [2.05, 4.69) is 68.2 Å². The lowest BCUT2D eigenvalue weighted by Crippen LogP contribution is -2.44. The van der Waals surface area contributed by atoms with Gasteiger partial charge in [-0.15, -0.1) is 0 Å². The molecule has 0 saturated carbocycles. The SMILES string of the molecule is CNc1ncc(CC#Cc2ccc(N3CCN(C)CC3)cc2)c(-c2cc(C(N)=O)c(-c3cc(Cl)ccc3C)[nH]2)n1. The number of aromatic nitrogens is 3. The van der Waals surface area contributed by atoms with Gasteiger partial charge in [0.25, 0.3) is 5.91 Å². The Kier molecular flexibility index (Phi) is 8.06. The highest BCUT2D eigenvalue weighted by atomic mass is 35.5. The van der Waals surface area contributed by atoms with E-state index < -0.39 is 5.91 Å². The molecule has 0 bridgehead atoms. The van der Waals surface area contributed by atoms with Crippen molar-refractivity contribution >= 4 is 29.1 Å². The number of nitrogens with one attached hydrogen (secondary N) is 2. The molecule has 1 aliphatic heterocycles. The molecule has 204 valence electrons. The summed E-state index contributed by atoms with van der Waals surface area (Å²) in [4.78, 5) is 29.6. The third kappa shape index (κ3) is 5.96. The molecule has 8 nitrogen and oxygen atoms in total. The van der Waals surface area contributed by atoms with E-state index in [-0.39, 0.29) is 0 Å². The second kappa shape index (κ2) is 11.8. The maximum Gasteiger partial charge on any atom is 0.250 e. The molecule has 3 heterocycles. The highest BCUT2D eigenvalue weighted by Gasteiger charge is 2.20. The second-order valence-corrected chi connectivity index (χ2v) is 10.4. The first-order valence-corrected chi connectivity index (χ1v) is 13.6. The van der Waals surface area contributed by atoms with Crippen LogP contribution in [0.1, 0.15) is 27.0 Å². The van der Waals surface area contributed by atoms with Crippen LogP contribution in [0.2, 0.25) is 5.02 Å². The van der Waals surface area contributed by atoms with Gasteiger partial charge in [0, 0.05) is 73.2 Å². The second-order valence-electron chi connectivity index (χ2n) is 9.93. The van der Waals surface area contributed by atoms with E-state index in [9.17, 15) is 4.79 Å². The number of aryl methyl sites for hydroxylation is 1. The van der Waals surface area contributed by atoms with Gasteiger partial charge in [-0.05, 0) is 62.0 Å². The fourth-order valence-electron chi connectivity index (χ4n) is 4.80. The van der Waals surface area contributed by atoms with Crippen LogP contribution in [-0.4, -0.2) is 66.0 Å². The predicted molar refractivity (Wildman–Crippen MR) is 162 cm³/mol. The molecule has 4 aromatic rings. The molecule has 2 aromatic carbocycles. The van der Waals surface area contributed by atoms with Crippen molar-refractivity contribution in [2.24, 2.45) is 5.73 Å². The summed E-state index contributed by atoms with van der Waals surface area (Å²) < 4.78 is 0. The number of nitrogens with two attached hydrogens (primary N) is 1. The molecule has 4 N–H and O–H groups in total. The largest absolute Gasteiger partial charge is 0.369 e. The first-order valence-electron chi connectivity index (χ1n) is 13.2. The lowest BCUT2D eigenvalue weighted by Gasteiger charge is -2.34. The molecule has 1 fully saturated rings. The first kappa shape index (κ1) is 27.3. The number of carbonyl (C=O) groups excluding carboxylic acids is 1. The van der Waals surface area contributed by atoms with Crippen molar-refractivity contribution in [1.82, 2.24) is 19.9 Å². The van der Waals surface area contributed by atoms with E-state index >= 15 is 0 Å². The van der Waals surface area contributed by atoms with Crippen molar-refractivity contribution in [3.05, 3.63) is 82.0 Å². The molecule has 0 radical (unpaired) electrons. The smallest absolute Gasteiger partial charge is 0.250 e. The van der Waals surface area contributed by atoms with Gasteiger partial charge in [0.05, 0.1) is 22.6 Å². The average molecular weight is 554 g/mol. The Balaban J connectivity index is 1.43. The fraction of sp³-hybridized carbons (Fsp3) is 0.258. The molecule has 1 saturated heterocycles. The molecule has 5 rings (SSSR count). The molecule has 0 unspecified atom stereocenters. The van der Waals surface area contributed by atoms with Crippen LogP contribution >= 0.6 is 11.6 Å². The summed E-state index contributed by atoms with van der Waals surface area (Å²) in [5, 5.41) is 3.55. The molecular weight excluding hydrogens is 522 g/mol. The number of likely N-dealkylation sites (N-methyl/N-ethyl adjacent to an activating group) is 1. The van der Waals surface area contributed by atoms with Crippen LogP contribution in [0, 0.1) is 18.8 Å². The Labute approximate surface area is 239 Å². The summed E-state index contributed by atoms with van der Waals surface area (Å²) in [6, 6.07) is 15.7. The lowest BCUT2D eigenvalue weighted by molar-refractivity contribution is 0.100. The highest BCUT2D eigenvalue weighted by molar-refractivity contribution is 6.31. The Morgan fingerprint density at radius 2 is 1.88 bits per heavy atom. The van der Waals surface area contributed by atoms with Crippen LogP contribution in [0.3, 0.4) is 0 Å². The maximum absolute atomic E-state index is 12.4. The van der Waals surface area contributed by atoms with Crippen molar-refractivity contribution in [2.75, 3.05) is 50.5 Å². The number of piperazine rings is 1. The predicted octanol–water partition coefficient (Wildman–Crippen LogP) is 4.59.